The van der Waals surface area contributed by atoms with E-state index >= 15 is 0 Å². The number of anilines is 3. The zero-order chi connectivity index (χ0) is 22.6. The third kappa shape index (κ3) is 3.49. The van der Waals surface area contributed by atoms with Crippen molar-refractivity contribution in [1.82, 2.24) is 24.6 Å². The molecule has 1 amide bonds. The van der Waals surface area contributed by atoms with Gasteiger partial charge in [-0.25, -0.2) is 18.3 Å². The molecule has 3 aromatic rings. The van der Waals surface area contributed by atoms with Crippen LogP contribution in [0.25, 0.3) is 5.82 Å². The van der Waals surface area contributed by atoms with Crippen molar-refractivity contribution in [3.8, 4) is 5.82 Å². The second-order valence-electron chi connectivity index (χ2n) is 8.13. The predicted octanol–water partition coefficient (Wildman–Crippen LogP) is 3.24. The number of amides is 1. The molecule has 32 heavy (non-hydrogen) atoms. The maximum absolute atomic E-state index is 14.2. The van der Waals surface area contributed by atoms with Crippen LogP contribution in [0.15, 0.2) is 30.3 Å². The lowest BCUT2D eigenvalue weighted by molar-refractivity contribution is 0.137. The quantitative estimate of drug-likeness (QED) is 0.641. The number of nitrogens with one attached hydrogen (secondary N) is 1. The number of nitrogens with zero attached hydrogens (tertiary/aromatic N) is 6. The normalized spacial score (nSPS) is 19.6. The number of carbonyl (C=O) groups is 1. The molecule has 2 bridgehead atoms. The van der Waals surface area contributed by atoms with E-state index in [9.17, 15) is 18.7 Å². The lowest BCUT2D eigenvalue weighted by Gasteiger charge is -2.33. The Labute approximate surface area is 182 Å². The van der Waals surface area contributed by atoms with Crippen LogP contribution in [0.1, 0.15) is 17.8 Å². The molecule has 2 atom stereocenters. The van der Waals surface area contributed by atoms with Gasteiger partial charge in [-0.3, -0.25) is 0 Å². The first kappa shape index (κ1) is 20.2. The van der Waals surface area contributed by atoms with Gasteiger partial charge in [-0.1, -0.05) is 0 Å². The van der Waals surface area contributed by atoms with E-state index in [1.54, 1.807) is 10.7 Å². The van der Waals surface area contributed by atoms with Gasteiger partial charge >= 0.3 is 6.09 Å². The Morgan fingerprint density at radius 3 is 2.50 bits per heavy atom. The lowest BCUT2D eigenvalue weighted by Crippen LogP contribution is -2.48. The second-order valence-corrected chi connectivity index (χ2v) is 8.13. The van der Waals surface area contributed by atoms with E-state index in [2.05, 4.69) is 20.4 Å². The summed E-state index contributed by atoms with van der Waals surface area (Å²) in [5.74, 6) is -0.229. The average molecular weight is 441 g/mol. The number of aryl methyl sites for hydroxylation is 2. The van der Waals surface area contributed by atoms with E-state index in [0.717, 1.165) is 29.9 Å². The monoisotopic (exact) mass is 441 g/mol. The number of aromatic nitrogens is 4. The van der Waals surface area contributed by atoms with E-state index in [0.29, 0.717) is 24.7 Å². The maximum Gasteiger partial charge on any atom is 0.407 e. The Morgan fingerprint density at radius 1 is 1.09 bits per heavy atom. The molecule has 5 rings (SSSR count). The molecule has 0 saturated carbocycles. The van der Waals surface area contributed by atoms with Crippen LogP contribution in [0.5, 0.6) is 0 Å². The van der Waals surface area contributed by atoms with Gasteiger partial charge < -0.3 is 20.2 Å². The predicted molar refractivity (Wildman–Crippen MR) is 113 cm³/mol. The first-order valence-corrected chi connectivity index (χ1v) is 10.2. The fourth-order valence-corrected chi connectivity index (χ4v) is 4.49. The summed E-state index contributed by atoms with van der Waals surface area (Å²) in [4.78, 5) is 24.0. The highest BCUT2D eigenvalue weighted by atomic mass is 19.1. The summed E-state index contributed by atoms with van der Waals surface area (Å²) in [5, 5.41) is 16.7. The Bertz CT molecular complexity index is 1210. The largest absolute Gasteiger partial charge is 0.465 e. The van der Waals surface area contributed by atoms with Gasteiger partial charge in [0.25, 0.3) is 0 Å². The van der Waals surface area contributed by atoms with Crippen molar-refractivity contribution in [1.29, 1.82) is 0 Å². The van der Waals surface area contributed by atoms with Crippen LogP contribution in [0.3, 0.4) is 0 Å². The van der Waals surface area contributed by atoms with Gasteiger partial charge in [-0.05, 0) is 38.5 Å². The fraction of sp³-hybridized carbons (Fsp3) is 0.333. The minimum absolute atomic E-state index is 0.00490. The highest BCUT2D eigenvalue weighted by Gasteiger charge is 2.46. The summed E-state index contributed by atoms with van der Waals surface area (Å²) in [6.45, 7) is 4.68. The number of hydrogen-bond donors (Lipinski definition) is 2. The molecule has 4 heterocycles. The van der Waals surface area contributed by atoms with Crippen molar-refractivity contribution in [3.05, 3.63) is 53.4 Å². The smallest absolute Gasteiger partial charge is 0.407 e. The van der Waals surface area contributed by atoms with Gasteiger partial charge in [0.1, 0.15) is 17.5 Å². The van der Waals surface area contributed by atoms with Crippen LogP contribution in [0, 0.1) is 25.5 Å². The SMILES string of the molecule is Cc1cc(C)n(-c2cc(N3C[C@@H]4C[C@H]3CN4C(=O)O)nc(Nc3ccc(F)cc3F)n2)n1. The third-order valence-corrected chi connectivity index (χ3v) is 5.88. The molecule has 2 aliphatic rings. The molecule has 0 aliphatic carbocycles. The number of likely N-dealkylation sites (tertiary alicyclic amines) is 1. The molecule has 0 spiro atoms. The van der Waals surface area contributed by atoms with E-state index in [1.807, 2.05) is 24.8 Å². The standard InChI is InChI=1S/C21H21F2N7O2/c1-11-5-12(2)30(27-11)19-8-18(28-9-15-7-14(28)10-29(15)21(31)32)25-20(26-19)24-17-4-3-13(22)6-16(17)23/h3-6,8,14-15H,7,9-10H2,1-2H3,(H,31,32)(H,24,25,26)/t14-,15-/m0/s1. The molecule has 2 N–H and O–H groups in total. The fourth-order valence-electron chi connectivity index (χ4n) is 4.49. The van der Waals surface area contributed by atoms with Crippen LogP contribution in [-0.4, -0.2) is 61.0 Å². The molecular weight excluding hydrogens is 420 g/mol. The Kier molecular flexibility index (Phi) is 4.68. The maximum atomic E-state index is 14.2. The van der Waals surface area contributed by atoms with Crippen molar-refractivity contribution in [2.45, 2.75) is 32.4 Å². The number of benzene rings is 1. The van der Waals surface area contributed by atoms with E-state index < -0.39 is 17.7 Å². The van der Waals surface area contributed by atoms with Gasteiger partial charge in [0.15, 0.2) is 5.82 Å². The van der Waals surface area contributed by atoms with Gasteiger partial charge in [-0.15, -0.1) is 0 Å². The van der Waals surface area contributed by atoms with Gasteiger partial charge in [0.05, 0.1) is 23.5 Å². The molecule has 11 heteroatoms. The number of fused-ring (bicyclic) bond motifs is 2. The second kappa shape index (κ2) is 7.43. The summed E-state index contributed by atoms with van der Waals surface area (Å²) in [6.07, 6.45) is -0.196. The van der Waals surface area contributed by atoms with Crippen molar-refractivity contribution in [2.24, 2.45) is 0 Å². The van der Waals surface area contributed by atoms with Crippen molar-refractivity contribution >= 4 is 23.5 Å². The molecular formula is C21H21F2N7O2. The Morgan fingerprint density at radius 2 is 1.88 bits per heavy atom. The molecule has 0 unspecified atom stereocenters. The molecule has 2 saturated heterocycles. The van der Waals surface area contributed by atoms with Crippen LogP contribution < -0.4 is 10.2 Å². The first-order chi connectivity index (χ1) is 15.3. The molecule has 9 nitrogen and oxygen atoms in total. The summed E-state index contributed by atoms with van der Waals surface area (Å²) in [7, 11) is 0. The minimum atomic E-state index is -0.919. The number of carboxylic acid groups (broad SMARTS) is 1. The number of hydrogen-bond acceptors (Lipinski definition) is 6. The van der Waals surface area contributed by atoms with E-state index in [-0.39, 0.29) is 23.7 Å². The van der Waals surface area contributed by atoms with Crippen molar-refractivity contribution in [3.63, 3.8) is 0 Å². The van der Waals surface area contributed by atoms with E-state index in [4.69, 9.17) is 0 Å². The lowest BCUT2D eigenvalue weighted by atomic mass is 10.2. The highest BCUT2D eigenvalue weighted by Crippen LogP contribution is 2.35. The van der Waals surface area contributed by atoms with Crippen molar-refractivity contribution in [2.75, 3.05) is 23.3 Å². The van der Waals surface area contributed by atoms with E-state index in [1.165, 1.54) is 11.0 Å². The van der Waals surface area contributed by atoms with Crippen LogP contribution in [0.2, 0.25) is 0 Å². The highest BCUT2D eigenvalue weighted by molar-refractivity contribution is 5.67. The van der Waals surface area contributed by atoms with Gasteiger partial charge in [0, 0.05) is 30.9 Å². The van der Waals surface area contributed by atoms with Gasteiger partial charge in [0.2, 0.25) is 5.95 Å². The molecule has 2 aromatic heterocycles. The molecule has 0 radical (unpaired) electrons. The topological polar surface area (TPSA) is 99.4 Å². The Hall–Kier alpha value is -3.76. The summed E-state index contributed by atoms with van der Waals surface area (Å²) >= 11 is 0. The first-order valence-electron chi connectivity index (χ1n) is 10.2. The van der Waals surface area contributed by atoms with Gasteiger partial charge in [-0.2, -0.15) is 15.1 Å². The zero-order valence-corrected chi connectivity index (χ0v) is 17.5. The zero-order valence-electron chi connectivity index (χ0n) is 17.5. The number of rotatable bonds is 4. The minimum Gasteiger partial charge on any atom is -0.465 e. The molecule has 2 aliphatic heterocycles. The molecule has 1 aromatic carbocycles. The summed E-state index contributed by atoms with van der Waals surface area (Å²) < 4.78 is 29.2. The molecule has 2 fully saturated rings. The third-order valence-electron chi connectivity index (χ3n) is 5.88. The number of piperazine rings is 1. The summed E-state index contributed by atoms with van der Waals surface area (Å²) in [5.41, 5.74) is 1.73. The van der Waals surface area contributed by atoms with Crippen LogP contribution in [-0.2, 0) is 0 Å². The number of halogens is 2. The van der Waals surface area contributed by atoms with Crippen molar-refractivity contribution < 1.29 is 18.7 Å². The summed E-state index contributed by atoms with van der Waals surface area (Å²) in [6, 6.07) is 6.82. The Balaban J connectivity index is 1.53. The average Bonchev–Trinajstić information content (AvgIpc) is 3.43. The van der Waals surface area contributed by atoms with Crippen LogP contribution >= 0.6 is 0 Å². The van der Waals surface area contributed by atoms with Crippen LogP contribution in [0.4, 0.5) is 31.0 Å². The molecule has 166 valence electrons.